The highest BCUT2D eigenvalue weighted by Crippen LogP contribution is 2.27. The number of hydrogen-bond acceptors (Lipinski definition) is 7. The van der Waals surface area contributed by atoms with E-state index in [1.807, 2.05) is 30.3 Å². The van der Waals surface area contributed by atoms with Crippen molar-refractivity contribution in [2.75, 3.05) is 26.9 Å². The highest BCUT2D eigenvalue weighted by atomic mass is 32.1. The molecule has 0 radical (unpaired) electrons. The van der Waals surface area contributed by atoms with Crippen LogP contribution in [0.1, 0.15) is 20.8 Å². The van der Waals surface area contributed by atoms with E-state index >= 15 is 0 Å². The second kappa shape index (κ2) is 10.1. The summed E-state index contributed by atoms with van der Waals surface area (Å²) in [6.07, 6.45) is 1.93. The third kappa shape index (κ3) is 5.11. The molecule has 0 aliphatic heterocycles. The summed E-state index contributed by atoms with van der Waals surface area (Å²) in [5.41, 5.74) is 1.23. The normalized spacial score (nSPS) is 10.9. The molecular weight excluding hydrogens is 406 g/mol. The molecule has 30 heavy (non-hydrogen) atoms. The lowest BCUT2D eigenvalue weighted by atomic mass is 10.2. The molecule has 2 heterocycles. The Hall–Kier alpha value is -3.04. The van der Waals surface area contributed by atoms with Crippen LogP contribution in [0.3, 0.4) is 0 Å². The summed E-state index contributed by atoms with van der Waals surface area (Å²) in [5, 5.41) is 2.99. The van der Waals surface area contributed by atoms with E-state index in [0.717, 1.165) is 16.9 Å². The summed E-state index contributed by atoms with van der Waals surface area (Å²) >= 11 is 1.12. The van der Waals surface area contributed by atoms with Crippen molar-refractivity contribution in [3.63, 3.8) is 0 Å². The second-order valence-corrected chi connectivity index (χ2v) is 7.63. The molecule has 0 atom stereocenters. The van der Waals surface area contributed by atoms with Crippen LogP contribution in [-0.2, 0) is 27.2 Å². The highest BCUT2D eigenvalue weighted by molar-refractivity contribution is 7.20. The number of benzene rings is 1. The van der Waals surface area contributed by atoms with Gasteiger partial charge in [0, 0.05) is 20.1 Å². The number of carbonyl (C=O) groups excluding carboxylic acids is 2. The van der Waals surface area contributed by atoms with Gasteiger partial charge in [0.15, 0.2) is 0 Å². The first-order valence-corrected chi connectivity index (χ1v) is 10.3. The predicted molar refractivity (Wildman–Crippen MR) is 114 cm³/mol. The van der Waals surface area contributed by atoms with Gasteiger partial charge >= 0.3 is 5.97 Å². The minimum absolute atomic E-state index is 0.155. The Morgan fingerprint density at radius 3 is 2.70 bits per heavy atom. The molecule has 3 aromatic rings. The van der Waals surface area contributed by atoms with E-state index in [-0.39, 0.29) is 24.6 Å². The molecule has 0 saturated carbocycles. The molecule has 0 bridgehead atoms. The average Bonchev–Trinajstić information content (AvgIpc) is 3.08. The molecule has 1 N–H and O–H groups in total. The number of rotatable bonds is 9. The number of amides is 1. The molecule has 0 fully saturated rings. The second-order valence-electron chi connectivity index (χ2n) is 6.63. The van der Waals surface area contributed by atoms with Crippen LogP contribution in [0.4, 0.5) is 0 Å². The Balaban J connectivity index is 1.71. The van der Waals surface area contributed by atoms with Gasteiger partial charge in [-0.3, -0.25) is 14.2 Å². The lowest BCUT2D eigenvalue weighted by Gasteiger charge is -2.07. The van der Waals surface area contributed by atoms with E-state index in [2.05, 4.69) is 10.3 Å². The molecular formula is C21H23N3O5S. The van der Waals surface area contributed by atoms with Gasteiger partial charge in [0.1, 0.15) is 16.3 Å². The van der Waals surface area contributed by atoms with Crippen molar-refractivity contribution in [2.24, 2.45) is 0 Å². The fourth-order valence-electron chi connectivity index (χ4n) is 2.94. The molecule has 2 aromatic heterocycles. The Labute approximate surface area is 177 Å². The number of thiophene rings is 1. The van der Waals surface area contributed by atoms with E-state index in [1.165, 1.54) is 18.0 Å². The van der Waals surface area contributed by atoms with Gasteiger partial charge in [-0.1, -0.05) is 30.3 Å². The number of hydrogen-bond donors (Lipinski definition) is 1. The Morgan fingerprint density at radius 2 is 1.97 bits per heavy atom. The minimum Gasteiger partial charge on any atom is -0.461 e. The number of carbonyl (C=O) groups is 2. The highest BCUT2D eigenvalue weighted by Gasteiger charge is 2.21. The molecule has 9 heteroatoms. The molecule has 0 aliphatic rings. The van der Waals surface area contributed by atoms with Gasteiger partial charge in [-0.25, -0.2) is 9.78 Å². The monoisotopic (exact) mass is 429 g/mol. The van der Waals surface area contributed by atoms with Crippen LogP contribution >= 0.6 is 11.3 Å². The third-order valence-electron chi connectivity index (χ3n) is 4.51. The molecule has 8 nitrogen and oxygen atoms in total. The zero-order chi connectivity index (χ0) is 21.5. The van der Waals surface area contributed by atoms with E-state index in [1.54, 1.807) is 6.92 Å². The maximum Gasteiger partial charge on any atom is 0.348 e. The van der Waals surface area contributed by atoms with Crippen LogP contribution < -0.4 is 10.9 Å². The van der Waals surface area contributed by atoms with Gasteiger partial charge in [-0.2, -0.15) is 0 Å². The van der Waals surface area contributed by atoms with Gasteiger partial charge < -0.3 is 14.8 Å². The van der Waals surface area contributed by atoms with Gasteiger partial charge in [-0.05, 0) is 18.1 Å². The van der Waals surface area contributed by atoms with Crippen LogP contribution in [0.15, 0.2) is 41.5 Å². The number of nitrogens with zero attached hydrogens (tertiary/aromatic N) is 2. The number of aromatic nitrogens is 2. The smallest absolute Gasteiger partial charge is 0.348 e. The molecule has 158 valence electrons. The first kappa shape index (κ1) is 21.7. The van der Waals surface area contributed by atoms with Gasteiger partial charge in [0.25, 0.3) is 5.56 Å². The van der Waals surface area contributed by atoms with Gasteiger partial charge in [0.05, 0.1) is 24.9 Å². The van der Waals surface area contributed by atoms with Crippen LogP contribution in [0.5, 0.6) is 0 Å². The summed E-state index contributed by atoms with van der Waals surface area (Å²) < 4.78 is 11.5. The van der Waals surface area contributed by atoms with Gasteiger partial charge in [0.2, 0.25) is 5.91 Å². The van der Waals surface area contributed by atoms with Crippen LogP contribution in [0, 0.1) is 6.92 Å². The fraction of sp³-hybridized carbons (Fsp3) is 0.333. The number of esters is 1. The summed E-state index contributed by atoms with van der Waals surface area (Å²) in [4.78, 5) is 42.4. The van der Waals surface area contributed by atoms with Crippen LogP contribution in [0.25, 0.3) is 10.2 Å². The van der Waals surface area contributed by atoms with E-state index in [4.69, 9.17) is 9.47 Å². The zero-order valence-electron chi connectivity index (χ0n) is 16.8. The van der Waals surface area contributed by atoms with Crippen molar-refractivity contribution >= 4 is 33.4 Å². The molecule has 0 saturated heterocycles. The number of methoxy groups -OCH3 is 1. The van der Waals surface area contributed by atoms with E-state index in [0.29, 0.717) is 40.2 Å². The first-order chi connectivity index (χ1) is 14.5. The fourth-order valence-corrected chi connectivity index (χ4v) is 3.97. The minimum atomic E-state index is -0.477. The van der Waals surface area contributed by atoms with Crippen LogP contribution in [-0.4, -0.2) is 48.3 Å². The van der Waals surface area contributed by atoms with Crippen molar-refractivity contribution < 1.29 is 19.1 Å². The lowest BCUT2D eigenvalue weighted by Crippen LogP contribution is -2.34. The molecule has 3 rings (SSSR count). The lowest BCUT2D eigenvalue weighted by molar-refractivity contribution is -0.121. The van der Waals surface area contributed by atoms with Crippen molar-refractivity contribution in [3.8, 4) is 0 Å². The number of aryl methyl sites for hydroxylation is 1. The van der Waals surface area contributed by atoms with E-state index in [9.17, 15) is 14.4 Å². The van der Waals surface area contributed by atoms with Crippen LogP contribution in [0.2, 0.25) is 0 Å². The predicted octanol–water partition coefficient (Wildman–Crippen LogP) is 1.93. The first-order valence-electron chi connectivity index (χ1n) is 9.46. The standard InChI is InChI=1S/C21H23N3O5S/c1-14-17-19(23-13-24(20(17)26)12-16(25)22-9-11-28-2)30-18(14)21(27)29-10-8-15-6-4-3-5-7-15/h3-7,13H,8-12H2,1-2H3,(H,22,25). The SMILES string of the molecule is COCCNC(=O)Cn1cnc2sc(C(=O)OCCc3ccccc3)c(C)c2c1=O. The summed E-state index contributed by atoms with van der Waals surface area (Å²) in [7, 11) is 1.54. The maximum atomic E-state index is 12.8. The number of fused-ring (bicyclic) bond motifs is 1. The average molecular weight is 429 g/mol. The topological polar surface area (TPSA) is 99.5 Å². The number of ether oxygens (including phenoxy) is 2. The van der Waals surface area contributed by atoms with Gasteiger partial charge in [-0.15, -0.1) is 11.3 Å². The van der Waals surface area contributed by atoms with Crippen molar-refractivity contribution in [2.45, 2.75) is 19.9 Å². The Bertz CT molecular complexity index is 1090. The number of nitrogens with one attached hydrogen (secondary N) is 1. The summed E-state index contributed by atoms with van der Waals surface area (Å²) in [6, 6.07) is 9.73. The Morgan fingerprint density at radius 1 is 1.20 bits per heavy atom. The maximum absolute atomic E-state index is 12.8. The molecule has 0 unspecified atom stereocenters. The summed E-state index contributed by atoms with van der Waals surface area (Å²) in [6.45, 7) is 2.53. The van der Waals surface area contributed by atoms with Crippen molar-refractivity contribution in [3.05, 3.63) is 63.0 Å². The quantitative estimate of drug-likeness (QED) is 0.412. The largest absolute Gasteiger partial charge is 0.461 e. The third-order valence-corrected chi connectivity index (χ3v) is 5.69. The Kier molecular flexibility index (Phi) is 7.31. The molecule has 1 amide bonds. The van der Waals surface area contributed by atoms with E-state index < -0.39 is 5.97 Å². The summed E-state index contributed by atoms with van der Waals surface area (Å²) in [5.74, 6) is -0.793. The molecule has 0 spiro atoms. The molecule has 1 aromatic carbocycles. The molecule has 0 aliphatic carbocycles. The zero-order valence-corrected chi connectivity index (χ0v) is 17.7. The van der Waals surface area contributed by atoms with Crippen molar-refractivity contribution in [1.29, 1.82) is 0 Å². The van der Waals surface area contributed by atoms with Crippen molar-refractivity contribution in [1.82, 2.24) is 14.9 Å².